The molecule has 0 amide bonds. The van der Waals surface area contributed by atoms with E-state index in [2.05, 4.69) is 42.3 Å². The molecule has 2 aromatic rings. The van der Waals surface area contributed by atoms with Crippen LogP contribution >= 0.6 is 0 Å². The zero-order valence-electron chi connectivity index (χ0n) is 10.2. The third-order valence-corrected chi connectivity index (χ3v) is 2.84. The van der Waals surface area contributed by atoms with Gasteiger partial charge in [0.15, 0.2) is 0 Å². The van der Waals surface area contributed by atoms with Gasteiger partial charge in [0.2, 0.25) is 0 Å². The fourth-order valence-corrected chi connectivity index (χ4v) is 1.85. The molecule has 3 nitrogen and oxygen atoms in total. The third kappa shape index (κ3) is 2.45. The van der Waals surface area contributed by atoms with Crippen LogP contribution in [0.2, 0.25) is 0 Å². The van der Waals surface area contributed by atoms with Crippen LogP contribution in [0.25, 0.3) is 0 Å². The molecule has 0 atom stereocenters. The van der Waals surface area contributed by atoms with E-state index in [1.807, 2.05) is 12.1 Å². The van der Waals surface area contributed by atoms with E-state index < -0.39 is 0 Å². The van der Waals surface area contributed by atoms with Crippen LogP contribution in [-0.2, 0) is 6.54 Å². The van der Waals surface area contributed by atoms with Gasteiger partial charge < -0.3 is 11.1 Å². The van der Waals surface area contributed by atoms with E-state index in [0.717, 1.165) is 17.1 Å². The maximum atomic E-state index is 5.70. The van der Waals surface area contributed by atoms with Crippen molar-refractivity contribution in [2.24, 2.45) is 5.73 Å². The van der Waals surface area contributed by atoms with Crippen LogP contribution in [0.15, 0.2) is 36.5 Å². The van der Waals surface area contributed by atoms with E-state index in [1.165, 1.54) is 11.1 Å². The summed E-state index contributed by atoms with van der Waals surface area (Å²) in [6.07, 6.45) is 1.77. The lowest BCUT2D eigenvalue weighted by molar-refractivity contribution is 1.05. The highest BCUT2D eigenvalue weighted by molar-refractivity contribution is 5.66. The largest absolute Gasteiger partial charge is 0.340 e. The van der Waals surface area contributed by atoms with Crippen LogP contribution < -0.4 is 11.1 Å². The normalized spacial score (nSPS) is 10.3. The summed E-state index contributed by atoms with van der Waals surface area (Å²) in [5, 5.41) is 3.37. The average molecular weight is 227 g/mol. The van der Waals surface area contributed by atoms with Crippen LogP contribution in [0, 0.1) is 13.8 Å². The van der Waals surface area contributed by atoms with Gasteiger partial charge in [0.25, 0.3) is 0 Å². The first-order chi connectivity index (χ1) is 8.22. The molecule has 0 radical (unpaired) electrons. The molecule has 1 heterocycles. The van der Waals surface area contributed by atoms with Crippen molar-refractivity contribution in [3.05, 3.63) is 53.2 Å². The number of anilines is 2. The Kier molecular flexibility index (Phi) is 3.40. The summed E-state index contributed by atoms with van der Waals surface area (Å²) in [6.45, 7) is 4.65. The minimum atomic E-state index is 0.487. The number of hydrogen-bond acceptors (Lipinski definition) is 3. The molecule has 0 bridgehead atoms. The lowest BCUT2D eigenvalue weighted by atomic mass is 10.1. The van der Waals surface area contributed by atoms with E-state index in [1.54, 1.807) is 6.20 Å². The van der Waals surface area contributed by atoms with Crippen molar-refractivity contribution in [2.75, 3.05) is 5.32 Å². The second-order valence-electron chi connectivity index (χ2n) is 4.11. The van der Waals surface area contributed by atoms with E-state index >= 15 is 0 Å². The third-order valence-electron chi connectivity index (χ3n) is 2.84. The number of aryl methyl sites for hydroxylation is 2. The highest BCUT2D eigenvalue weighted by Crippen LogP contribution is 2.24. The number of nitrogens with two attached hydrogens (primary N) is 1. The molecule has 3 heteroatoms. The molecular formula is C14H17N3. The molecule has 0 aliphatic carbocycles. The monoisotopic (exact) mass is 227 g/mol. The maximum Gasteiger partial charge on any atom is 0.134 e. The van der Waals surface area contributed by atoms with Gasteiger partial charge in [-0.3, -0.25) is 0 Å². The maximum absolute atomic E-state index is 5.70. The Morgan fingerprint density at radius 1 is 1.12 bits per heavy atom. The Bertz CT molecular complexity index is 500. The van der Waals surface area contributed by atoms with Crippen molar-refractivity contribution in [2.45, 2.75) is 20.4 Å². The zero-order valence-corrected chi connectivity index (χ0v) is 10.2. The summed E-state index contributed by atoms with van der Waals surface area (Å²) in [5.41, 5.74) is 10.2. The number of nitrogens with zero attached hydrogens (tertiary/aromatic N) is 1. The summed E-state index contributed by atoms with van der Waals surface area (Å²) in [5.74, 6) is 0.840. The zero-order chi connectivity index (χ0) is 12.3. The summed E-state index contributed by atoms with van der Waals surface area (Å²) < 4.78 is 0. The molecule has 0 spiro atoms. The summed E-state index contributed by atoms with van der Waals surface area (Å²) in [4.78, 5) is 4.34. The van der Waals surface area contributed by atoms with Gasteiger partial charge in [-0.2, -0.15) is 0 Å². The van der Waals surface area contributed by atoms with Crippen molar-refractivity contribution in [3.8, 4) is 0 Å². The van der Waals surface area contributed by atoms with Gasteiger partial charge in [-0.15, -0.1) is 0 Å². The number of para-hydroxylation sites is 1. The Hall–Kier alpha value is -1.87. The number of hydrogen-bond donors (Lipinski definition) is 2. The molecule has 1 aromatic heterocycles. The molecule has 2 rings (SSSR count). The fourth-order valence-electron chi connectivity index (χ4n) is 1.85. The summed E-state index contributed by atoms with van der Waals surface area (Å²) in [7, 11) is 0. The van der Waals surface area contributed by atoms with Gasteiger partial charge >= 0.3 is 0 Å². The van der Waals surface area contributed by atoms with Crippen LogP contribution in [0.3, 0.4) is 0 Å². The average Bonchev–Trinajstić information content (AvgIpc) is 2.34. The molecule has 88 valence electrons. The minimum Gasteiger partial charge on any atom is -0.340 e. The standard InChI is InChI=1S/C14H17N3/c1-10-5-3-6-11(2)13(10)17-14-12(9-15)7-4-8-16-14/h3-8H,9,15H2,1-2H3,(H,16,17). The van der Waals surface area contributed by atoms with Gasteiger partial charge in [0, 0.05) is 24.0 Å². The Morgan fingerprint density at radius 3 is 2.47 bits per heavy atom. The fraction of sp³-hybridized carbons (Fsp3) is 0.214. The molecule has 3 N–H and O–H groups in total. The SMILES string of the molecule is Cc1cccc(C)c1Nc1ncccc1CN. The second kappa shape index (κ2) is 4.97. The van der Waals surface area contributed by atoms with E-state index in [4.69, 9.17) is 5.73 Å². The molecule has 0 saturated carbocycles. The topological polar surface area (TPSA) is 50.9 Å². The first-order valence-electron chi connectivity index (χ1n) is 5.69. The smallest absolute Gasteiger partial charge is 0.134 e. The molecule has 1 aromatic carbocycles. The van der Waals surface area contributed by atoms with E-state index in [9.17, 15) is 0 Å². The quantitative estimate of drug-likeness (QED) is 0.847. The molecule has 0 saturated heterocycles. The molecular weight excluding hydrogens is 210 g/mol. The second-order valence-corrected chi connectivity index (χ2v) is 4.11. The van der Waals surface area contributed by atoms with Gasteiger partial charge in [-0.05, 0) is 31.0 Å². The molecule has 0 aliphatic heterocycles. The molecule has 0 unspecified atom stereocenters. The van der Waals surface area contributed by atoms with Crippen molar-refractivity contribution in [1.82, 2.24) is 4.98 Å². The van der Waals surface area contributed by atoms with Crippen molar-refractivity contribution in [3.63, 3.8) is 0 Å². The highest BCUT2D eigenvalue weighted by Gasteiger charge is 2.06. The van der Waals surface area contributed by atoms with Crippen LogP contribution in [0.1, 0.15) is 16.7 Å². The Morgan fingerprint density at radius 2 is 1.82 bits per heavy atom. The number of nitrogens with one attached hydrogen (secondary N) is 1. The number of benzene rings is 1. The lowest BCUT2D eigenvalue weighted by Crippen LogP contribution is -2.05. The van der Waals surface area contributed by atoms with Crippen LogP contribution in [-0.4, -0.2) is 4.98 Å². The van der Waals surface area contributed by atoms with Gasteiger partial charge in [0.05, 0.1) is 0 Å². The minimum absolute atomic E-state index is 0.487. The van der Waals surface area contributed by atoms with E-state index in [0.29, 0.717) is 6.54 Å². The highest BCUT2D eigenvalue weighted by atomic mass is 15.0. The number of aromatic nitrogens is 1. The lowest BCUT2D eigenvalue weighted by Gasteiger charge is -2.14. The van der Waals surface area contributed by atoms with Crippen molar-refractivity contribution >= 4 is 11.5 Å². The Balaban J connectivity index is 2.38. The van der Waals surface area contributed by atoms with Gasteiger partial charge in [0.1, 0.15) is 5.82 Å². The number of pyridine rings is 1. The molecule has 0 aliphatic rings. The predicted octanol–water partition coefficient (Wildman–Crippen LogP) is 2.90. The van der Waals surface area contributed by atoms with Crippen molar-refractivity contribution in [1.29, 1.82) is 0 Å². The Labute approximate surface area is 102 Å². The first kappa shape index (κ1) is 11.6. The van der Waals surface area contributed by atoms with Gasteiger partial charge in [-0.25, -0.2) is 4.98 Å². The summed E-state index contributed by atoms with van der Waals surface area (Å²) >= 11 is 0. The molecule has 0 fully saturated rings. The van der Waals surface area contributed by atoms with Crippen LogP contribution in [0.4, 0.5) is 11.5 Å². The molecule has 17 heavy (non-hydrogen) atoms. The van der Waals surface area contributed by atoms with Crippen LogP contribution in [0.5, 0.6) is 0 Å². The summed E-state index contributed by atoms with van der Waals surface area (Å²) in [6, 6.07) is 10.1. The van der Waals surface area contributed by atoms with Gasteiger partial charge in [-0.1, -0.05) is 24.3 Å². The van der Waals surface area contributed by atoms with E-state index in [-0.39, 0.29) is 0 Å². The predicted molar refractivity (Wildman–Crippen MR) is 71.3 cm³/mol. The number of rotatable bonds is 3. The first-order valence-corrected chi connectivity index (χ1v) is 5.69. The van der Waals surface area contributed by atoms with Crippen molar-refractivity contribution < 1.29 is 0 Å².